The highest BCUT2D eigenvalue weighted by Crippen LogP contribution is 2.19. The highest BCUT2D eigenvalue weighted by Gasteiger charge is 2.24. The molecule has 138 valence electrons. The number of carbonyl (C=O) groups is 1. The van der Waals surface area contributed by atoms with Crippen LogP contribution in [0, 0.1) is 5.41 Å². The molecule has 0 bridgehead atoms. The van der Waals surface area contributed by atoms with E-state index in [0.717, 1.165) is 45.0 Å². The first-order chi connectivity index (χ1) is 9.94. The van der Waals surface area contributed by atoms with Gasteiger partial charge < -0.3 is 10.2 Å². The van der Waals surface area contributed by atoms with Crippen molar-refractivity contribution in [1.29, 1.82) is 0 Å². The van der Waals surface area contributed by atoms with Crippen molar-refractivity contribution >= 4 is 42.5 Å². The average Bonchev–Trinajstić information content (AvgIpc) is 2.46. The molecule has 0 aromatic carbocycles. The molecule has 0 saturated carbocycles. The van der Waals surface area contributed by atoms with Crippen LogP contribution in [-0.2, 0) is 4.79 Å². The predicted molar refractivity (Wildman–Crippen MR) is 105 cm³/mol. The van der Waals surface area contributed by atoms with E-state index in [9.17, 15) is 4.79 Å². The van der Waals surface area contributed by atoms with Gasteiger partial charge in [-0.1, -0.05) is 20.8 Å². The van der Waals surface area contributed by atoms with E-state index in [1.165, 1.54) is 12.2 Å². The minimum atomic E-state index is 0. The number of piperazine rings is 1. The summed E-state index contributed by atoms with van der Waals surface area (Å²) in [5.41, 5.74) is 0.400. The fraction of sp³-hybridized carbons (Fsp3) is 0.938. The van der Waals surface area contributed by atoms with Gasteiger partial charge in [0, 0.05) is 56.7 Å². The fourth-order valence-electron chi connectivity index (χ4n) is 2.81. The molecule has 2 heterocycles. The first-order valence-electron chi connectivity index (χ1n) is 8.25. The fourth-order valence-corrected chi connectivity index (χ4v) is 3.75. The van der Waals surface area contributed by atoms with E-state index in [1.807, 2.05) is 11.8 Å². The van der Waals surface area contributed by atoms with Gasteiger partial charge in [-0.3, -0.25) is 9.69 Å². The van der Waals surface area contributed by atoms with Crippen molar-refractivity contribution in [2.24, 2.45) is 5.41 Å². The number of carbonyl (C=O) groups excluding carboxylic acids is 1. The monoisotopic (exact) mass is 385 g/mol. The Kier molecular flexibility index (Phi) is 11.2. The maximum Gasteiger partial charge on any atom is 0.224 e. The molecular formula is C16H33Cl2N3OS. The van der Waals surface area contributed by atoms with Crippen LogP contribution < -0.4 is 5.32 Å². The lowest BCUT2D eigenvalue weighted by Crippen LogP contribution is -2.51. The van der Waals surface area contributed by atoms with Gasteiger partial charge in [0.05, 0.1) is 0 Å². The molecule has 0 radical (unpaired) electrons. The number of nitrogens with one attached hydrogen (secondary N) is 1. The largest absolute Gasteiger partial charge is 0.340 e. The third kappa shape index (κ3) is 8.82. The SMILES string of the molecule is CC(C)(C)CCN1CCN(C(=O)CC2CSCCN2)CC1.Cl.Cl. The molecule has 0 aliphatic carbocycles. The van der Waals surface area contributed by atoms with E-state index in [0.29, 0.717) is 23.8 Å². The van der Waals surface area contributed by atoms with Crippen molar-refractivity contribution in [3.8, 4) is 0 Å². The Balaban J connectivity index is 0.00000242. The second kappa shape index (κ2) is 11.0. The molecule has 2 aliphatic heterocycles. The molecule has 2 saturated heterocycles. The number of amides is 1. The molecule has 1 amide bonds. The number of halogens is 2. The lowest BCUT2D eigenvalue weighted by Gasteiger charge is -2.36. The summed E-state index contributed by atoms with van der Waals surface area (Å²) in [5, 5.41) is 3.46. The van der Waals surface area contributed by atoms with Gasteiger partial charge in [0.2, 0.25) is 5.91 Å². The van der Waals surface area contributed by atoms with Crippen LogP contribution >= 0.6 is 36.6 Å². The van der Waals surface area contributed by atoms with Gasteiger partial charge in [-0.2, -0.15) is 11.8 Å². The third-order valence-electron chi connectivity index (χ3n) is 4.32. The Morgan fingerprint density at radius 1 is 1.17 bits per heavy atom. The molecule has 2 rings (SSSR count). The van der Waals surface area contributed by atoms with Crippen molar-refractivity contribution in [3.05, 3.63) is 0 Å². The lowest BCUT2D eigenvalue weighted by molar-refractivity contribution is -0.133. The second-order valence-corrected chi connectivity index (χ2v) is 8.61. The van der Waals surface area contributed by atoms with Crippen LogP contribution in [0.15, 0.2) is 0 Å². The smallest absolute Gasteiger partial charge is 0.224 e. The van der Waals surface area contributed by atoms with E-state index in [2.05, 4.69) is 35.9 Å². The number of rotatable bonds is 4. The minimum Gasteiger partial charge on any atom is -0.340 e. The zero-order valence-electron chi connectivity index (χ0n) is 14.7. The Hall–Kier alpha value is 0.320. The van der Waals surface area contributed by atoms with E-state index in [1.54, 1.807) is 0 Å². The summed E-state index contributed by atoms with van der Waals surface area (Å²) >= 11 is 1.96. The van der Waals surface area contributed by atoms with Gasteiger partial charge >= 0.3 is 0 Å². The van der Waals surface area contributed by atoms with Crippen LogP contribution in [0.25, 0.3) is 0 Å². The van der Waals surface area contributed by atoms with Crippen LogP contribution in [0.3, 0.4) is 0 Å². The van der Waals surface area contributed by atoms with Crippen LogP contribution in [0.5, 0.6) is 0 Å². The highest BCUT2D eigenvalue weighted by atomic mass is 35.5. The predicted octanol–water partition coefficient (Wildman–Crippen LogP) is 2.51. The molecule has 0 aromatic heterocycles. The third-order valence-corrected chi connectivity index (χ3v) is 5.45. The summed E-state index contributed by atoms with van der Waals surface area (Å²) in [6.45, 7) is 13.0. The maximum absolute atomic E-state index is 12.3. The topological polar surface area (TPSA) is 35.6 Å². The van der Waals surface area contributed by atoms with Crippen molar-refractivity contribution in [2.75, 3.05) is 50.8 Å². The Morgan fingerprint density at radius 2 is 1.83 bits per heavy atom. The quantitative estimate of drug-likeness (QED) is 0.806. The van der Waals surface area contributed by atoms with E-state index < -0.39 is 0 Å². The normalized spacial score (nSPS) is 22.9. The zero-order valence-corrected chi connectivity index (χ0v) is 17.1. The van der Waals surface area contributed by atoms with E-state index in [-0.39, 0.29) is 24.8 Å². The second-order valence-electron chi connectivity index (χ2n) is 7.46. The molecule has 1 unspecified atom stereocenters. The van der Waals surface area contributed by atoms with Crippen molar-refractivity contribution < 1.29 is 4.79 Å². The summed E-state index contributed by atoms with van der Waals surface area (Å²) in [6, 6.07) is 0.384. The zero-order chi connectivity index (χ0) is 15.3. The number of hydrogen-bond acceptors (Lipinski definition) is 4. The Bertz CT molecular complexity index is 339. The molecule has 7 heteroatoms. The van der Waals surface area contributed by atoms with E-state index in [4.69, 9.17) is 0 Å². The molecule has 23 heavy (non-hydrogen) atoms. The standard InChI is InChI=1S/C16H31N3OS.2ClH/c1-16(2,3)4-6-18-7-9-19(10-8-18)15(20)12-14-13-21-11-5-17-14;;/h14,17H,4-13H2,1-3H3;2*1H. The van der Waals surface area contributed by atoms with Crippen LogP contribution in [-0.4, -0.2) is 72.5 Å². The molecule has 2 fully saturated rings. The van der Waals surface area contributed by atoms with Gasteiger partial charge in [-0.15, -0.1) is 24.8 Å². The van der Waals surface area contributed by atoms with Gasteiger partial charge in [0.15, 0.2) is 0 Å². The van der Waals surface area contributed by atoms with Crippen LogP contribution in [0.2, 0.25) is 0 Å². The highest BCUT2D eigenvalue weighted by molar-refractivity contribution is 7.99. The van der Waals surface area contributed by atoms with Gasteiger partial charge in [-0.05, 0) is 18.4 Å². The molecule has 4 nitrogen and oxygen atoms in total. The van der Waals surface area contributed by atoms with Gasteiger partial charge in [-0.25, -0.2) is 0 Å². The number of nitrogens with zero attached hydrogens (tertiary/aromatic N) is 2. The summed E-state index contributed by atoms with van der Waals surface area (Å²) in [7, 11) is 0. The summed E-state index contributed by atoms with van der Waals surface area (Å²) in [4.78, 5) is 16.9. The summed E-state index contributed by atoms with van der Waals surface area (Å²) < 4.78 is 0. The first-order valence-corrected chi connectivity index (χ1v) is 9.41. The van der Waals surface area contributed by atoms with Crippen LogP contribution in [0.4, 0.5) is 0 Å². The number of thioether (sulfide) groups is 1. The Morgan fingerprint density at radius 3 is 2.35 bits per heavy atom. The van der Waals surface area contributed by atoms with Crippen molar-refractivity contribution in [1.82, 2.24) is 15.1 Å². The molecule has 1 atom stereocenters. The Labute approximate surface area is 158 Å². The number of hydrogen-bond donors (Lipinski definition) is 1. The lowest BCUT2D eigenvalue weighted by atomic mass is 9.92. The maximum atomic E-state index is 12.3. The molecular weight excluding hydrogens is 353 g/mol. The van der Waals surface area contributed by atoms with Gasteiger partial charge in [0.1, 0.15) is 0 Å². The molecule has 0 spiro atoms. The average molecular weight is 386 g/mol. The van der Waals surface area contributed by atoms with Crippen LogP contribution in [0.1, 0.15) is 33.6 Å². The molecule has 0 aromatic rings. The summed E-state index contributed by atoms with van der Waals surface area (Å²) in [5.74, 6) is 2.60. The van der Waals surface area contributed by atoms with Crippen molar-refractivity contribution in [2.45, 2.75) is 39.7 Å². The molecule has 2 aliphatic rings. The molecule has 1 N–H and O–H groups in total. The van der Waals surface area contributed by atoms with E-state index >= 15 is 0 Å². The summed E-state index contributed by atoms with van der Waals surface area (Å²) in [6.07, 6.45) is 1.90. The minimum absolute atomic E-state index is 0. The van der Waals surface area contributed by atoms with Crippen molar-refractivity contribution in [3.63, 3.8) is 0 Å². The first kappa shape index (κ1) is 23.3. The van der Waals surface area contributed by atoms with Gasteiger partial charge in [0.25, 0.3) is 0 Å².